The van der Waals surface area contributed by atoms with E-state index < -0.39 is 4.92 Å². The van der Waals surface area contributed by atoms with Crippen molar-refractivity contribution in [3.8, 4) is 0 Å². The Labute approximate surface area is 76.3 Å². The fourth-order valence-corrected chi connectivity index (χ4v) is 1.15. The Morgan fingerprint density at radius 1 is 1.62 bits per heavy atom. The molecule has 4 heteroatoms. The van der Waals surface area contributed by atoms with Crippen molar-refractivity contribution in [1.29, 1.82) is 0 Å². The highest BCUT2D eigenvalue weighted by Crippen LogP contribution is 2.23. The Balaban J connectivity index is 3.17. The lowest BCUT2D eigenvalue weighted by Crippen LogP contribution is -1.98. The van der Waals surface area contributed by atoms with E-state index in [-0.39, 0.29) is 12.3 Å². The third-order valence-corrected chi connectivity index (χ3v) is 1.69. The van der Waals surface area contributed by atoms with Gasteiger partial charge in [-0.15, -0.1) is 0 Å². The molecule has 1 aromatic rings. The van der Waals surface area contributed by atoms with Gasteiger partial charge in [0.15, 0.2) is 0 Å². The Morgan fingerprint density at radius 3 is 2.85 bits per heavy atom. The number of nitro groups is 1. The van der Waals surface area contributed by atoms with Gasteiger partial charge in [0.1, 0.15) is 0 Å². The van der Waals surface area contributed by atoms with Crippen LogP contribution in [0, 0.1) is 17.0 Å². The molecule has 1 rings (SSSR count). The summed E-state index contributed by atoms with van der Waals surface area (Å²) < 4.78 is 4.84. The van der Waals surface area contributed by atoms with E-state index in [0.717, 1.165) is 0 Å². The number of para-hydroxylation sites is 1. The fraction of sp³-hybridized carbons (Fsp3) is 0.222. The number of nitrogens with zero attached hydrogens (tertiary/aromatic N) is 1. The summed E-state index contributed by atoms with van der Waals surface area (Å²) in [5.41, 5.74) is 1.02. The molecule has 0 spiro atoms. The largest absolute Gasteiger partial charge is 0.380 e. The highest BCUT2D eigenvalue weighted by molar-refractivity contribution is 5.48. The average Bonchev–Trinajstić information content (AvgIpc) is 2.04. The Hall–Kier alpha value is -1.42. The summed E-state index contributed by atoms with van der Waals surface area (Å²) in [6.07, 6.45) is 0. The summed E-state index contributed by atoms with van der Waals surface area (Å²) >= 11 is 0. The van der Waals surface area contributed by atoms with E-state index in [4.69, 9.17) is 4.74 Å². The van der Waals surface area contributed by atoms with Crippen molar-refractivity contribution >= 4 is 5.69 Å². The summed E-state index contributed by atoms with van der Waals surface area (Å²) in [5, 5.41) is 10.6. The van der Waals surface area contributed by atoms with Gasteiger partial charge in [0.2, 0.25) is 0 Å². The topological polar surface area (TPSA) is 52.4 Å². The van der Waals surface area contributed by atoms with Crippen LogP contribution in [0.5, 0.6) is 0 Å². The van der Waals surface area contributed by atoms with Crippen molar-refractivity contribution in [2.75, 3.05) is 7.11 Å². The minimum absolute atomic E-state index is 0.0457. The summed E-state index contributed by atoms with van der Waals surface area (Å²) in [6, 6.07) is 5.00. The SMILES string of the molecule is [CH2]c1cccc(COC)c1[N+](=O)[O-]. The smallest absolute Gasteiger partial charge is 0.278 e. The van der Waals surface area contributed by atoms with E-state index in [2.05, 4.69) is 6.92 Å². The average molecular weight is 180 g/mol. The molecule has 69 valence electrons. The van der Waals surface area contributed by atoms with Gasteiger partial charge >= 0.3 is 0 Å². The molecule has 0 bridgehead atoms. The highest BCUT2D eigenvalue weighted by atomic mass is 16.6. The molecule has 1 radical (unpaired) electrons. The van der Waals surface area contributed by atoms with Gasteiger partial charge in [0.25, 0.3) is 5.69 Å². The first kappa shape index (κ1) is 9.67. The summed E-state index contributed by atoms with van der Waals surface area (Å²) in [4.78, 5) is 10.2. The van der Waals surface area contributed by atoms with E-state index in [9.17, 15) is 10.1 Å². The molecular formula is C9H10NO3. The first-order valence-corrected chi connectivity index (χ1v) is 3.74. The number of ether oxygens (including phenoxy) is 1. The Bertz CT molecular complexity index is 323. The van der Waals surface area contributed by atoms with Gasteiger partial charge < -0.3 is 4.74 Å². The van der Waals surface area contributed by atoms with Crippen LogP contribution in [0.1, 0.15) is 11.1 Å². The van der Waals surface area contributed by atoms with E-state index in [1.165, 1.54) is 7.11 Å². The van der Waals surface area contributed by atoms with Crippen molar-refractivity contribution in [2.45, 2.75) is 6.61 Å². The number of nitro benzene ring substituents is 1. The maximum atomic E-state index is 10.6. The zero-order chi connectivity index (χ0) is 9.84. The van der Waals surface area contributed by atoms with Crippen molar-refractivity contribution in [3.63, 3.8) is 0 Å². The lowest BCUT2D eigenvalue weighted by Gasteiger charge is -2.03. The van der Waals surface area contributed by atoms with Crippen LogP contribution in [0.4, 0.5) is 5.69 Å². The van der Waals surface area contributed by atoms with Crippen molar-refractivity contribution in [1.82, 2.24) is 0 Å². The predicted molar refractivity (Wildman–Crippen MR) is 48.3 cm³/mol. The van der Waals surface area contributed by atoms with Gasteiger partial charge in [-0.1, -0.05) is 12.1 Å². The number of rotatable bonds is 3. The molecule has 0 aliphatic rings. The van der Waals surface area contributed by atoms with Crippen LogP contribution in [-0.4, -0.2) is 12.0 Å². The normalized spacial score (nSPS) is 10.0. The van der Waals surface area contributed by atoms with Crippen LogP contribution in [0.3, 0.4) is 0 Å². The maximum Gasteiger partial charge on any atom is 0.278 e. The second kappa shape index (κ2) is 4.00. The third-order valence-electron chi connectivity index (χ3n) is 1.69. The Morgan fingerprint density at radius 2 is 2.31 bits per heavy atom. The van der Waals surface area contributed by atoms with Crippen molar-refractivity contribution in [2.24, 2.45) is 0 Å². The quantitative estimate of drug-likeness (QED) is 0.527. The fourth-order valence-electron chi connectivity index (χ4n) is 1.15. The van der Waals surface area contributed by atoms with Gasteiger partial charge in [-0.2, -0.15) is 0 Å². The molecule has 0 saturated carbocycles. The maximum absolute atomic E-state index is 10.6. The standard InChI is InChI=1S/C9H10NO3/c1-7-4-3-5-8(6-13-2)9(7)10(11)12/h3-5H,1,6H2,2H3. The van der Waals surface area contributed by atoms with Crippen LogP contribution in [0.2, 0.25) is 0 Å². The van der Waals surface area contributed by atoms with Crippen LogP contribution >= 0.6 is 0 Å². The molecule has 0 N–H and O–H groups in total. The molecule has 13 heavy (non-hydrogen) atoms. The minimum atomic E-state index is -0.434. The van der Waals surface area contributed by atoms with Gasteiger partial charge in [-0.25, -0.2) is 0 Å². The molecule has 1 aromatic carbocycles. The molecule has 0 heterocycles. The molecule has 0 saturated heterocycles. The van der Waals surface area contributed by atoms with E-state index in [0.29, 0.717) is 11.1 Å². The molecule has 0 fully saturated rings. The summed E-state index contributed by atoms with van der Waals surface area (Å²) in [5.74, 6) is 0. The van der Waals surface area contributed by atoms with Crippen molar-refractivity contribution < 1.29 is 9.66 Å². The molecular weight excluding hydrogens is 170 g/mol. The molecule has 0 aromatic heterocycles. The summed E-state index contributed by atoms with van der Waals surface area (Å²) in [6.45, 7) is 3.82. The Kier molecular flexibility index (Phi) is 2.97. The van der Waals surface area contributed by atoms with Gasteiger partial charge in [-0.05, 0) is 13.0 Å². The zero-order valence-electron chi connectivity index (χ0n) is 7.32. The van der Waals surface area contributed by atoms with Crippen LogP contribution in [0.25, 0.3) is 0 Å². The molecule has 0 unspecified atom stereocenters. The predicted octanol–water partition coefficient (Wildman–Crippen LogP) is 1.92. The number of benzene rings is 1. The minimum Gasteiger partial charge on any atom is -0.380 e. The van der Waals surface area contributed by atoms with E-state index in [1.807, 2.05) is 0 Å². The zero-order valence-corrected chi connectivity index (χ0v) is 7.32. The first-order chi connectivity index (χ1) is 6.16. The molecule has 0 amide bonds. The second-order valence-electron chi connectivity index (χ2n) is 2.61. The molecule has 4 nitrogen and oxygen atoms in total. The number of hydrogen-bond acceptors (Lipinski definition) is 3. The molecule has 0 aliphatic carbocycles. The second-order valence-corrected chi connectivity index (χ2v) is 2.61. The van der Waals surface area contributed by atoms with E-state index in [1.54, 1.807) is 18.2 Å². The van der Waals surface area contributed by atoms with Crippen LogP contribution in [0.15, 0.2) is 18.2 Å². The van der Waals surface area contributed by atoms with Gasteiger partial charge in [0.05, 0.1) is 17.1 Å². The third kappa shape index (κ3) is 2.03. The van der Waals surface area contributed by atoms with Crippen molar-refractivity contribution in [3.05, 3.63) is 46.4 Å². The monoisotopic (exact) mass is 180 g/mol. The van der Waals surface area contributed by atoms with Gasteiger partial charge in [0, 0.05) is 12.7 Å². The highest BCUT2D eigenvalue weighted by Gasteiger charge is 2.15. The number of methoxy groups -OCH3 is 1. The summed E-state index contributed by atoms with van der Waals surface area (Å²) in [7, 11) is 1.50. The molecule has 0 atom stereocenters. The lowest BCUT2D eigenvalue weighted by molar-refractivity contribution is -0.386. The van der Waals surface area contributed by atoms with E-state index >= 15 is 0 Å². The number of hydrogen-bond donors (Lipinski definition) is 0. The lowest BCUT2D eigenvalue weighted by atomic mass is 10.1. The first-order valence-electron chi connectivity index (χ1n) is 3.74. The molecule has 0 aliphatic heterocycles. The van der Waals surface area contributed by atoms with Crippen LogP contribution < -0.4 is 0 Å². The van der Waals surface area contributed by atoms with Crippen LogP contribution in [-0.2, 0) is 11.3 Å². The van der Waals surface area contributed by atoms with Gasteiger partial charge in [-0.3, -0.25) is 10.1 Å².